The number of thiazole rings is 1. The van der Waals surface area contributed by atoms with Crippen LogP contribution in [-0.2, 0) is 11.2 Å². The van der Waals surface area contributed by atoms with Crippen molar-refractivity contribution in [2.24, 2.45) is 5.92 Å². The smallest absolute Gasteiger partial charge is 0.268 e. The van der Waals surface area contributed by atoms with Gasteiger partial charge in [-0.25, -0.2) is 9.67 Å². The van der Waals surface area contributed by atoms with Gasteiger partial charge >= 0.3 is 0 Å². The van der Waals surface area contributed by atoms with Crippen LogP contribution < -0.4 is 10.9 Å². The van der Waals surface area contributed by atoms with E-state index in [1.807, 2.05) is 43.5 Å². The number of benzene rings is 1. The maximum Gasteiger partial charge on any atom is 0.268 e. The van der Waals surface area contributed by atoms with E-state index in [9.17, 15) is 9.59 Å². The van der Waals surface area contributed by atoms with E-state index in [2.05, 4.69) is 29.2 Å². The molecule has 0 saturated carbocycles. The van der Waals surface area contributed by atoms with Crippen molar-refractivity contribution in [2.45, 2.75) is 47.1 Å². The van der Waals surface area contributed by atoms with Crippen molar-refractivity contribution in [1.82, 2.24) is 24.5 Å². The highest BCUT2D eigenvalue weighted by atomic mass is 35.5. The monoisotopic (exact) mass is 483 g/mol. The third kappa shape index (κ3) is 4.58. The van der Waals surface area contributed by atoms with Gasteiger partial charge in [-0.15, -0.1) is 11.3 Å². The third-order valence-electron chi connectivity index (χ3n) is 5.75. The normalized spacial score (nSPS) is 12.5. The molecular weight excluding hydrogens is 458 g/mol. The van der Waals surface area contributed by atoms with E-state index in [1.54, 1.807) is 17.7 Å². The van der Waals surface area contributed by atoms with Crippen molar-refractivity contribution in [2.75, 3.05) is 0 Å². The Balaban J connectivity index is 1.76. The highest BCUT2D eigenvalue weighted by molar-refractivity contribution is 7.15. The Morgan fingerprint density at radius 1 is 1.21 bits per heavy atom. The summed E-state index contributed by atoms with van der Waals surface area (Å²) in [5, 5.41) is 10.1. The number of nitrogens with one attached hydrogen (secondary N) is 1. The van der Waals surface area contributed by atoms with Gasteiger partial charge in [0.05, 0.1) is 23.4 Å². The molecular formula is C24H26ClN5O2S. The molecule has 0 aliphatic carbocycles. The number of fused-ring (bicyclic) bond motifs is 1. The lowest BCUT2D eigenvalue weighted by atomic mass is 10.1. The standard InChI is InChI=1S/C24H26ClN5O2S/c1-13(2)15(4)26-21(31)11-19-12-33-24-27-16(5)22(23(32)29(19)24)20-9-14(3)30(28-20)18-8-6-7-17(25)10-18/h6-10,12-13,15H,11H2,1-5H3,(H,26,31). The zero-order valence-corrected chi connectivity index (χ0v) is 20.8. The Morgan fingerprint density at radius 2 is 1.97 bits per heavy atom. The molecule has 0 spiro atoms. The first-order valence-electron chi connectivity index (χ1n) is 10.8. The van der Waals surface area contributed by atoms with Gasteiger partial charge in [-0.05, 0) is 51.0 Å². The minimum atomic E-state index is -0.228. The Kier molecular flexibility index (Phi) is 6.41. The lowest BCUT2D eigenvalue weighted by Crippen LogP contribution is -2.37. The van der Waals surface area contributed by atoms with Crippen LogP contribution in [0.3, 0.4) is 0 Å². The van der Waals surface area contributed by atoms with Gasteiger partial charge in [-0.2, -0.15) is 5.10 Å². The van der Waals surface area contributed by atoms with Crippen LogP contribution in [0.2, 0.25) is 5.02 Å². The van der Waals surface area contributed by atoms with E-state index in [4.69, 9.17) is 11.6 Å². The van der Waals surface area contributed by atoms with Crippen LogP contribution in [-0.4, -0.2) is 31.1 Å². The van der Waals surface area contributed by atoms with E-state index in [1.165, 1.54) is 15.7 Å². The number of nitrogens with zero attached hydrogens (tertiary/aromatic N) is 4. The topological polar surface area (TPSA) is 81.3 Å². The van der Waals surface area contributed by atoms with E-state index in [0.29, 0.717) is 38.5 Å². The lowest BCUT2D eigenvalue weighted by Gasteiger charge is -2.17. The summed E-state index contributed by atoms with van der Waals surface area (Å²) in [7, 11) is 0. The fraction of sp³-hybridized carbons (Fsp3) is 0.333. The molecule has 9 heteroatoms. The molecule has 0 radical (unpaired) electrons. The molecule has 4 aromatic rings. The molecule has 0 fully saturated rings. The summed E-state index contributed by atoms with van der Waals surface area (Å²) in [5.41, 5.74) is 3.62. The van der Waals surface area contributed by atoms with Gasteiger partial charge < -0.3 is 5.32 Å². The number of hydrogen-bond acceptors (Lipinski definition) is 5. The molecule has 1 aromatic carbocycles. The number of halogens is 1. The van der Waals surface area contributed by atoms with Crippen LogP contribution in [0.1, 0.15) is 37.9 Å². The van der Waals surface area contributed by atoms with Crippen molar-refractivity contribution < 1.29 is 4.79 Å². The van der Waals surface area contributed by atoms with Crippen LogP contribution >= 0.6 is 22.9 Å². The second-order valence-electron chi connectivity index (χ2n) is 8.56. The van der Waals surface area contributed by atoms with Crippen molar-refractivity contribution in [3.8, 4) is 16.9 Å². The SMILES string of the molecule is Cc1nc2scc(CC(=O)NC(C)C(C)C)n2c(=O)c1-c1cc(C)n(-c2cccc(Cl)c2)n1. The highest BCUT2D eigenvalue weighted by Crippen LogP contribution is 2.24. The van der Waals surface area contributed by atoms with Gasteiger partial charge in [0, 0.05) is 27.8 Å². The summed E-state index contributed by atoms with van der Waals surface area (Å²) in [6.45, 7) is 9.81. The molecule has 3 heterocycles. The Morgan fingerprint density at radius 3 is 2.67 bits per heavy atom. The van der Waals surface area contributed by atoms with E-state index < -0.39 is 0 Å². The summed E-state index contributed by atoms with van der Waals surface area (Å²) >= 11 is 7.50. The molecule has 1 unspecified atom stereocenters. The molecule has 0 aliphatic rings. The zero-order valence-electron chi connectivity index (χ0n) is 19.2. The molecule has 33 heavy (non-hydrogen) atoms. The first kappa shape index (κ1) is 23.2. The minimum Gasteiger partial charge on any atom is -0.353 e. The Labute approximate surface area is 201 Å². The van der Waals surface area contributed by atoms with E-state index >= 15 is 0 Å². The summed E-state index contributed by atoms with van der Waals surface area (Å²) in [6.07, 6.45) is 0.108. The van der Waals surface area contributed by atoms with Crippen molar-refractivity contribution >= 4 is 33.8 Å². The van der Waals surface area contributed by atoms with Gasteiger partial charge in [0.25, 0.3) is 5.56 Å². The summed E-state index contributed by atoms with van der Waals surface area (Å²) in [5.74, 6) is 0.204. The average Bonchev–Trinajstić information content (AvgIpc) is 3.31. The largest absolute Gasteiger partial charge is 0.353 e. The van der Waals surface area contributed by atoms with Gasteiger partial charge in [0.15, 0.2) is 4.96 Å². The summed E-state index contributed by atoms with van der Waals surface area (Å²) in [6, 6.07) is 9.30. The number of amides is 1. The first-order chi connectivity index (χ1) is 15.7. The van der Waals surface area contributed by atoms with Crippen molar-refractivity contribution in [3.63, 3.8) is 0 Å². The van der Waals surface area contributed by atoms with Gasteiger partial charge in [-0.3, -0.25) is 14.0 Å². The first-order valence-corrected chi connectivity index (χ1v) is 12.0. The second kappa shape index (κ2) is 9.11. The Bertz CT molecular complexity index is 1400. The summed E-state index contributed by atoms with van der Waals surface area (Å²) in [4.78, 5) is 31.3. The Hall–Kier alpha value is -2.97. The quantitative estimate of drug-likeness (QED) is 0.435. The summed E-state index contributed by atoms with van der Waals surface area (Å²) < 4.78 is 3.28. The minimum absolute atomic E-state index is 0.0495. The van der Waals surface area contributed by atoms with Crippen LogP contribution in [0, 0.1) is 19.8 Å². The van der Waals surface area contributed by atoms with E-state index in [0.717, 1.165) is 11.4 Å². The van der Waals surface area contributed by atoms with Crippen LogP contribution in [0.15, 0.2) is 40.5 Å². The number of rotatable bonds is 6. The highest BCUT2D eigenvalue weighted by Gasteiger charge is 2.20. The number of carbonyl (C=O) groups excluding carboxylic acids is 1. The average molecular weight is 484 g/mol. The van der Waals surface area contributed by atoms with Crippen LogP contribution in [0.25, 0.3) is 21.9 Å². The molecule has 0 saturated heterocycles. The second-order valence-corrected chi connectivity index (χ2v) is 9.83. The number of hydrogen-bond donors (Lipinski definition) is 1. The third-order valence-corrected chi connectivity index (χ3v) is 6.86. The van der Waals surface area contributed by atoms with Crippen LogP contribution in [0.4, 0.5) is 0 Å². The fourth-order valence-corrected chi connectivity index (χ4v) is 4.74. The fourth-order valence-electron chi connectivity index (χ4n) is 3.63. The molecule has 3 aromatic heterocycles. The van der Waals surface area contributed by atoms with Gasteiger partial charge in [0.1, 0.15) is 5.69 Å². The zero-order chi connectivity index (χ0) is 23.9. The number of aryl methyl sites for hydroxylation is 2. The molecule has 172 valence electrons. The molecule has 7 nitrogen and oxygen atoms in total. The molecule has 1 amide bonds. The lowest BCUT2D eigenvalue weighted by molar-refractivity contribution is -0.121. The molecule has 0 aliphatic heterocycles. The molecule has 1 N–H and O–H groups in total. The number of carbonyl (C=O) groups is 1. The molecule has 1 atom stereocenters. The number of aromatic nitrogens is 4. The van der Waals surface area contributed by atoms with E-state index in [-0.39, 0.29) is 23.9 Å². The van der Waals surface area contributed by atoms with Crippen LogP contribution in [0.5, 0.6) is 0 Å². The van der Waals surface area contributed by atoms with Crippen molar-refractivity contribution in [3.05, 3.63) is 68.2 Å². The molecule has 0 bridgehead atoms. The predicted molar refractivity (Wildman–Crippen MR) is 133 cm³/mol. The molecule has 4 rings (SSSR count). The maximum atomic E-state index is 13.6. The predicted octanol–water partition coefficient (Wildman–Crippen LogP) is 4.58. The van der Waals surface area contributed by atoms with Gasteiger partial charge in [0.2, 0.25) is 5.91 Å². The van der Waals surface area contributed by atoms with Crippen molar-refractivity contribution in [1.29, 1.82) is 0 Å². The van der Waals surface area contributed by atoms with Gasteiger partial charge in [-0.1, -0.05) is 31.5 Å². The maximum absolute atomic E-state index is 13.6.